The fourth-order valence-corrected chi connectivity index (χ4v) is 4.30. The van der Waals surface area contributed by atoms with Crippen molar-refractivity contribution in [3.05, 3.63) is 80.4 Å². The summed E-state index contributed by atoms with van der Waals surface area (Å²) in [6.07, 6.45) is 1.94. The maximum Gasteiger partial charge on any atom is 0.332 e. The van der Waals surface area contributed by atoms with Crippen molar-refractivity contribution >= 4 is 28.3 Å². The average Bonchev–Trinajstić information content (AvgIpc) is 3.42. The monoisotopic (exact) mass is 391 g/mol. The summed E-state index contributed by atoms with van der Waals surface area (Å²) in [7, 11) is 3.13. The fraction of sp³-hybridized carbons (Fsp3) is 0.150. The number of benzene rings is 1. The highest BCUT2D eigenvalue weighted by molar-refractivity contribution is 7.13. The molecule has 0 saturated heterocycles. The van der Waals surface area contributed by atoms with Gasteiger partial charge in [0.2, 0.25) is 5.78 Å². The molecule has 28 heavy (non-hydrogen) atoms. The van der Waals surface area contributed by atoms with Crippen LogP contribution >= 0.6 is 11.3 Å². The first kappa shape index (κ1) is 16.8. The third kappa shape index (κ3) is 2.31. The highest BCUT2D eigenvalue weighted by atomic mass is 32.1. The maximum atomic E-state index is 12.8. The molecule has 0 fully saturated rings. The van der Waals surface area contributed by atoms with Crippen LogP contribution in [0.15, 0.2) is 63.6 Å². The van der Waals surface area contributed by atoms with E-state index in [2.05, 4.69) is 27.8 Å². The molecule has 0 bridgehead atoms. The van der Waals surface area contributed by atoms with Crippen LogP contribution in [0.5, 0.6) is 0 Å². The Hall–Kier alpha value is -3.39. The second-order valence-electron chi connectivity index (χ2n) is 6.72. The van der Waals surface area contributed by atoms with Crippen molar-refractivity contribution in [1.82, 2.24) is 23.1 Å². The lowest BCUT2D eigenvalue weighted by atomic mass is 10.2. The van der Waals surface area contributed by atoms with E-state index in [0.29, 0.717) is 23.5 Å². The minimum atomic E-state index is -0.383. The Labute approximate surface area is 163 Å². The highest BCUT2D eigenvalue weighted by Crippen LogP contribution is 2.29. The van der Waals surface area contributed by atoms with Crippen molar-refractivity contribution in [2.24, 2.45) is 14.1 Å². The zero-order valence-electron chi connectivity index (χ0n) is 15.4. The van der Waals surface area contributed by atoms with Gasteiger partial charge in [-0.15, -0.1) is 11.3 Å². The highest BCUT2D eigenvalue weighted by Gasteiger charge is 2.21. The lowest BCUT2D eigenvalue weighted by molar-refractivity contribution is 0.707. The summed E-state index contributed by atoms with van der Waals surface area (Å²) in [5, 5.41) is 2.03. The second-order valence-corrected chi connectivity index (χ2v) is 7.67. The number of aromatic nitrogens is 5. The van der Waals surface area contributed by atoms with Crippen LogP contribution in [-0.4, -0.2) is 23.1 Å². The predicted molar refractivity (Wildman–Crippen MR) is 110 cm³/mol. The fourth-order valence-electron chi connectivity index (χ4n) is 3.56. The molecule has 0 unspecified atom stereocenters. The molecule has 0 radical (unpaired) electrons. The summed E-state index contributed by atoms with van der Waals surface area (Å²) in [4.78, 5) is 30.9. The molecule has 4 aromatic heterocycles. The molecule has 0 aliphatic carbocycles. The topological polar surface area (TPSA) is 66.2 Å². The van der Waals surface area contributed by atoms with Gasteiger partial charge in [-0.1, -0.05) is 36.4 Å². The number of fused-ring (bicyclic) bond motifs is 3. The molecule has 0 atom stereocenters. The van der Waals surface area contributed by atoms with E-state index in [0.717, 1.165) is 20.7 Å². The van der Waals surface area contributed by atoms with E-state index >= 15 is 0 Å². The molecule has 0 aliphatic rings. The van der Waals surface area contributed by atoms with Gasteiger partial charge in [-0.3, -0.25) is 18.3 Å². The number of thiophene rings is 1. The lowest BCUT2D eigenvalue weighted by Crippen LogP contribution is -2.37. The first-order valence-electron chi connectivity index (χ1n) is 8.81. The van der Waals surface area contributed by atoms with Gasteiger partial charge in [-0.05, 0) is 17.0 Å². The van der Waals surface area contributed by atoms with Gasteiger partial charge in [-0.2, -0.15) is 4.98 Å². The van der Waals surface area contributed by atoms with E-state index in [1.165, 1.54) is 11.6 Å². The van der Waals surface area contributed by atoms with Crippen molar-refractivity contribution in [1.29, 1.82) is 0 Å². The van der Waals surface area contributed by atoms with E-state index < -0.39 is 0 Å². The standard InChI is InChI=1S/C20H17N5O2S/c1-22-17-16(18(26)23(2)20(22)27)25-12-14(15-9-6-10-28-15)24(19(25)21-17)11-13-7-4-3-5-8-13/h3-10,12H,11H2,1-2H3. The Morgan fingerprint density at radius 3 is 2.50 bits per heavy atom. The van der Waals surface area contributed by atoms with Gasteiger partial charge < -0.3 is 4.57 Å². The van der Waals surface area contributed by atoms with Gasteiger partial charge in [0.05, 0.1) is 17.1 Å². The van der Waals surface area contributed by atoms with E-state index in [1.54, 1.807) is 22.8 Å². The third-order valence-corrected chi connectivity index (χ3v) is 5.91. The van der Waals surface area contributed by atoms with Crippen LogP contribution in [0, 0.1) is 0 Å². The zero-order chi connectivity index (χ0) is 19.4. The predicted octanol–water partition coefficient (Wildman–Crippen LogP) is 2.46. The molecular weight excluding hydrogens is 374 g/mol. The number of aryl methyl sites for hydroxylation is 1. The van der Waals surface area contributed by atoms with Crippen LogP contribution in [0.25, 0.3) is 27.5 Å². The molecule has 0 aliphatic heterocycles. The molecule has 7 nitrogen and oxygen atoms in total. The molecule has 8 heteroatoms. The van der Waals surface area contributed by atoms with E-state index in [4.69, 9.17) is 0 Å². The first-order valence-corrected chi connectivity index (χ1v) is 9.69. The molecular formula is C20H17N5O2S. The zero-order valence-corrected chi connectivity index (χ0v) is 16.2. The van der Waals surface area contributed by atoms with E-state index in [1.807, 2.05) is 35.8 Å². The second kappa shape index (κ2) is 6.07. The number of nitrogens with zero attached hydrogens (tertiary/aromatic N) is 5. The van der Waals surface area contributed by atoms with Crippen LogP contribution in [0.4, 0.5) is 0 Å². The molecule has 5 aromatic rings. The lowest BCUT2D eigenvalue weighted by Gasteiger charge is -2.08. The third-order valence-electron chi connectivity index (χ3n) is 5.01. The quantitative estimate of drug-likeness (QED) is 0.475. The van der Waals surface area contributed by atoms with Gasteiger partial charge >= 0.3 is 5.69 Å². The average molecular weight is 391 g/mol. The Kier molecular flexibility index (Phi) is 3.63. The SMILES string of the molecule is Cn1c(=O)c2c(nc3n(Cc4ccccc4)c(-c4cccs4)cn23)n(C)c1=O. The Bertz CT molecular complexity index is 1440. The van der Waals surface area contributed by atoms with Crippen LogP contribution in [-0.2, 0) is 20.6 Å². The summed E-state index contributed by atoms with van der Waals surface area (Å²) >= 11 is 1.64. The number of hydrogen-bond acceptors (Lipinski definition) is 4. The minimum Gasteiger partial charge on any atom is -0.304 e. The molecule has 1 aromatic carbocycles. The normalized spacial score (nSPS) is 11.6. The number of hydrogen-bond donors (Lipinski definition) is 0. The van der Waals surface area contributed by atoms with Gasteiger partial charge in [0.1, 0.15) is 0 Å². The largest absolute Gasteiger partial charge is 0.332 e. The van der Waals surface area contributed by atoms with E-state index in [-0.39, 0.29) is 11.2 Å². The van der Waals surface area contributed by atoms with Crippen molar-refractivity contribution in [3.63, 3.8) is 0 Å². The Morgan fingerprint density at radius 1 is 1.00 bits per heavy atom. The summed E-state index contributed by atoms with van der Waals surface area (Å²) < 4.78 is 6.43. The molecule has 0 spiro atoms. The van der Waals surface area contributed by atoms with Gasteiger partial charge in [0.25, 0.3) is 5.56 Å². The summed E-state index contributed by atoms with van der Waals surface area (Å²) in [5.74, 6) is 0.639. The molecule has 5 rings (SSSR count). The molecule has 140 valence electrons. The van der Waals surface area contributed by atoms with Crippen molar-refractivity contribution in [2.75, 3.05) is 0 Å². The maximum absolute atomic E-state index is 12.8. The Morgan fingerprint density at radius 2 is 1.79 bits per heavy atom. The van der Waals surface area contributed by atoms with Crippen molar-refractivity contribution in [2.45, 2.75) is 6.54 Å². The number of imidazole rings is 2. The molecule has 4 heterocycles. The van der Waals surface area contributed by atoms with Crippen LogP contribution < -0.4 is 11.2 Å². The van der Waals surface area contributed by atoms with E-state index in [9.17, 15) is 9.59 Å². The summed E-state index contributed by atoms with van der Waals surface area (Å²) in [6.45, 7) is 0.613. The molecule has 0 saturated carbocycles. The van der Waals surface area contributed by atoms with Crippen molar-refractivity contribution < 1.29 is 0 Å². The van der Waals surface area contributed by atoms with Crippen molar-refractivity contribution in [3.8, 4) is 10.6 Å². The summed E-state index contributed by atoms with van der Waals surface area (Å²) in [6, 6.07) is 14.2. The minimum absolute atomic E-state index is 0.347. The van der Waals surface area contributed by atoms with Crippen LogP contribution in [0.2, 0.25) is 0 Å². The van der Waals surface area contributed by atoms with Crippen LogP contribution in [0.3, 0.4) is 0 Å². The molecule has 0 N–H and O–H groups in total. The summed E-state index contributed by atoms with van der Waals surface area (Å²) in [5.41, 5.74) is 2.19. The Balaban J connectivity index is 1.88. The van der Waals surface area contributed by atoms with Crippen LogP contribution in [0.1, 0.15) is 5.56 Å². The first-order chi connectivity index (χ1) is 13.6. The van der Waals surface area contributed by atoms with Gasteiger partial charge in [0.15, 0.2) is 11.2 Å². The number of rotatable bonds is 3. The van der Waals surface area contributed by atoms with Gasteiger partial charge in [0, 0.05) is 20.3 Å². The molecule has 0 amide bonds. The smallest absolute Gasteiger partial charge is 0.304 e. The van der Waals surface area contributed by atoms with Gasteiger partial charge in [-0.25, -0.2) is 4.79 Å².